The molecule has 0 saturated heterocycles. The Kier molecular flexibility index (Phi) is 5.08. The van der Waals surface area contributed by atoms with Crippen molar-refractivity contribution in [3.8, 4) is 11.5 Å². The van der Waals surface area contributed by atoms with Gasteiger partial charge in [-0.3, -0.25) is 5.32 Å². The summed E-state index contributed by atoms with van der Waals surface area (Å²) >= 11 is 0. The van der Waals surface area contributed by atoms with E-state index in [-0.39, 0.29) is 30.1 Å². The van der Waals surface area contributed by atoms with Crippen LogP contribution in [0.15, 0.2) is 18.2 Å². The van der Waals surface area contributed by atoms with Crippen molar-refractivity contribution in [3.63, 3.8) is 0 Å². The van der Waals surface area contributed by atoms with E-state index in [1.807, 2.05) is 20.8 Å². The molecule has 2 N–H and O–H groups in total. The van der Waals surface area contributed by atoms with Gasteiger partial charge in [-0.2, -0.15) is 13.2 Å². The molecule has 0 bridgehead atoms. The van der Waals surface area contributed by atoms with Crippen LogP contribution >= 0.6 is 0 Å². The number of ether oxygens (including phenoxy) is 3. The summed E-state index contributed by atoms with van der Waals surface area (Å²) in [5, 5.41) is 3.96. The number of alkyl halides is 3. The molecule has 0 radical (unpaired) electrons. The predicted octanol–water partition coefficient (Wildman–Crippen LogP) is 2.92. The highest BCUT2D eigenvalue weighted by atomic mass is 19.4. The van der Waals surface area contributed by atoms with Gasteiger partial charge >= 0.3 is 18.1 Å². The molecule has 1 aromatic carbocycles. The third kappa shape index (κ3) is 4.09. The summed E-state index contributed by atoms with van der Waals surface area (Å²) in [7, 11) is 1.41. The van der Waals surface area contributed by atoms with Crippen LogP contribution in [0.3, 0.4) is 0 Å². The maximum Gasteiger partial charge on any atom is 0.492 e. The summed E-state index contributed by atoms with van der Waals surface area (Å²) in [5.74, 6) is -3.45. The van der Waals surface area contributed by atoms with Gasteiger partial charge in [-0.1, -0.05) is 26.8 Å². The fraction of sp³-hybridized carbons (Fsp3) is 0.562. The zero-order valence-electron chi connectivity index (χ0n) is 14.4. The second-order valence-corrected chi connectivity index (χ2v) is 6.60. The first-order valence-electron chi connectivity index (χ1n) is 7.63. The number of hydrogen-bond acceptors (Lipinski definition) is 4. The highest BCUT2D eigenvalue weighted by Crippen LogP contribution is 2.46. The quantitative estimate of drug-likeness (QED) is 0.808. The topological polar surface area (TPSA) is 68.8 Å². The van der Waals surface area contributed by atoms with Crippen LogP contribution in [0.4, 0.5) is 18.0 Å². The highest BCUT2D eigenvalue weighted by Gasteiger charge is 2.65. The molecule has 0 spiro atoms. The Morgan fingerprint density at radius 1 is 1.20 bits per heavy atom. The number of carbonyl (C=O) groups excluding carboxylic acids is 1. The number of hydrogen-bond donors (Lipinski definition) is 2. The third-order valence-corrected chi connectivity index (χ3v) is 3.56. The third-order valence-electron chi connectivity index (χ3n) is 3.56. The van der Waals surface area contributed by atoms with Gasteiger partial charge in [-0.25, -0.2) is 4.79 Å². The lowest BCUT2D eigenvalue weighted by Crippen LogP contribution is -2.66. The second kappa shape index (κ2) is 6.62. The smallest absolute Gasteiger partial charge is 0.424 e. The van der Waals surface area contributed by atoms with Crippen LogP contribution in [0.2, 0.25) is 0 Å². The molecule has 0 saturated carbocycles. The SMILES string of the molecule is COCCNC(=O)NC1(C(F)(F)F)Oc2ccc(C(C)(C)C)cc2O1. The fourth-order valence-electron chi connectivity index (χ4n) is 2.17. The first-order valence-corrected chi connectivity index (χ1v) is 7.63. The number of halogens is 3. The van der Waals surface area contributed by atoms with Gasteiger partial charge in [0.25, 0.3) is 0 Å². The van der Waals surface area contributed by atoms with E-state index in [1.165, 1.54) is 19.2 Å². The van der Waals surface area contributed by atoms with E-state index in [4.69, 9.17) is 14.2 Å². The van der Waals surface area contributed by atoms with Gasteiger partial charge in [0.1, 0.15) is 0 Å². The number of fused-ring (bicyclic) bond motifs is 1. The van der Waals surface area contributed by atoms with Gasteiger partial charge in [0.2, 0.25) is 0 Å². The minimum atomic E-state index is -4.99. The lowest BCUT2D eigenvalue weighted by molar-refractivity contribution is -0.317. The monoisotopic (exact) mass is 362 g/mol. The average Bonchev–Trinajstić information content (AvgIpc) is 2.84. The van der Waals surface area contributed by atoms with Crippen molar-refractivity contribution in [1.29, 1.82) is 0 Å². The molecule has 9 heteroatoms. The van der Waals surface area contributed by atoms with Gasteiger partial charge < -0.3 is 19.5 Å². The van der Waals surface area contributed by atoms with Crippen LogP contribution in [0, 0.1) is 0 Å². The van der Waals surface area contributed by atoms with Crippen molar-refractivity contribution in [2.24, 2.45) is 0 Å². The van der Waals surface area contributed by atoms with Gasteiger partial charge in [0, 0.05) is 13.7 Å². The Morgan fingerprint density at radius 2 is 1.84 bits per heavy atom. The molecule has 1 heterocycles. The minimum Gasteiger partial charge on any atom is -0.424 e. The Labute approximate surface area is 143 Å². The number of urea groups is 1. The molecule has 0 fully saturated rings. The molecular formula is C16H21F3N2O4. The minimum absolute atomic E-state index is 0.0391. The highest BCUT2D eigenvalue weighted by molar-refractivity contribution is 5.74. The number of amides is 2. The largest absolute Gasteiger partial charge is 0.492 e. The van der Waals surface area contributed by atoms with Crippen molar-refractivity contribution in [3.05, 3.63) is 23.8 Å². The normalized spacial score (nSPS) is 19.6. The van der Waals surface area contributed by atoms with Crippen LogP contribution in [0.1, 0.15) is 26.3 Å². The van der Waals surface area contributed by atoms with Gasteiger partial charge in [0.05, 0.1) is 6.61 Å². The summed E-state index contributed by atoms with van der Waals surface area (Å²) in [6.07, 6.45) is -4.99. The number of rotatable bonds is 4. The molecule has 140 valence electrons. The van der Waals surface area contributed by atoms with Gasteiger partial charge in [0.15, 0.2) is 11.5 Å². The zero-order chi connectivity index (χ0) is 18.9. The molecule has 1 unspecified atom stereocenters. The second-order valence-electron chi connectivity index (χ2n) is 6.60. The van der Waals surface area contributed by atoms with E-state index in [0.717, 1.165) is 5.56 Å². The molecule has 1 aliphatic heterocycles. The molecule has 2 rings (SSSR count). The number of carbonyl (C=O) groups is 1. The molecule has 6 nitrogen and oxygen atoms in total. The van der Waals surface area contributed by atoms with Crippen LogP contribution in [-0.4, -0.2) is 38.4 Å². The van der Waals surface area contributed by atoms with Crippen molar-refractivity contribution in [1.82, 2.24) is 10.6 Å². The maximum absolute atomic E-state index is 13.5. The Bertz CT molecular complexity index is 643. The summed E-state index contributed by atoms with van der Waals surface area (Å²) in [6.45, 7) is 5.95. The van der Waals surface area contributed by atoms with Crippen molar-refractivity contribution >= 4 is 6.03 Å². The lowest BCUT2D eigenvalue weighted by atomic mass is 9.87. The Hall–Kier alpha value is -2.16. The van der Waals surface area contributed by atoms with E-state index in [9.17, 15) is 18.0 Å². The van der Waals surface area contributed by atoms with Crippen LogP contribution in [0.25, 0.3) is 0 Å². The van der Waals surface area contributed by atoms with Crippen LogP contribution in [-0.2, 0) is 10.2 Å². The summed E-state index contributed by atoms with van der Waals surface area (Å²) in [6, 6.07) is 3.45. The van der Waals surface area contributed by atoms with E-state index >= 15 is 0 Å². The number of methoxy groups -OCH3 is 1. The summed E-state index contributed by atoms with van der Waals surface area (Å²) < 4.78 is 55.3. The predicted molar refractivity (Wildman–Crippen MR) is 83.6 cm³/mol. The first kappa shape index (κ1) is 19.2. The van der Waals surface area contributed by atoms with Crippen molar-refractivity contribution in [2.45, 2.75) is 38.3 Å². The standard InChI is InChI=1S/C16H21F3N2O4/c1-14(2,3)10-5-6-11-12(9-10)25-16(24-11,15(17,18)19)21-13(22)20-7-8-23-4/h5-6,9H,7-8H2,1-4H3,(H2,20,21,22). The lowest BCUT2D eigenvalue weighted by Gasteiger charge is -2.29. The molecule has 25 heavy (non-hydrogen) atoms. The molecule has 0 aliphatic carbocycles. The van der Waals surface area contributed by atoms with Gasteiger partial charge in [-0.15, -0.1) is 0 Å². The van der Waals surface area contributed by atoms with Crippen molar-refractivity contribution < 1.29 is 32.2 Å². The van der Waals surface area contributed by atoms with Crippen LogP contribution in [0.5, 0.6) is 11.5 Å². The number of nitrogens with one attached hydrogen (secondary N) is 2. The van der Waals surface area contributed by atoms with E-state index in [0.29, 0.717) is 0 Å². The van der Waals surface area contributed by atoms with E-state index in [2.05, 4.69) is 5.32 Å². The molecule has 0 aromatic heterocycles. The molecule has 2 amide bonds. The summed E-state index contributed by atoms with van der Waals surface area (Å²) in [5.41, 5.74) is 0.490. The Morgan fingerprint density at radius 3 is 2.40 bits per heavy atom. The van der Waals surface area contributed by atoms with E-state index < -0.39 is 18.1 Å². The average molecular weight is 362 g/mol. The zero-order valence-corrected chi connectivity index (χ0v) is 14.4. The molecule has 1 aromatic rings. The molecule has 1 atom stereocenters. The molecular weight excluding hydrogens is 341 g/mol. The molecule has 1 aliphatic rings. The summed E-state index contributed by atoms with van der Waals surface area (Å²) in [4.78, 5) is 11.8. The fourth-order valence-corrected chi connectivity index (χ4v) is 2.17. The first-order chi connectivity index (χ1) is 11.5. The van der Waals surface area contributed by atoms with Gasteiger partial charge in [-0.05, 0) is 23.1 Å². The van der Waals surface area contributed by atoms with Crippen molar-refractivity contribution in [2.75, 3.05) is 20.3 Å². The maximum atomic E-state index is 13.5. The number of benzene rings is 1. The van der Waals surface area contributed by atoms with E-state index in [1.54, 1.807) is 11.4 Å². The van der Waals surface area contributed by atoms with Crippen LogP contribution < -0.4 is 20.1 Å². The Balaban J connectivity index is 2.24.